The number of benzene rings is 1. The second kappa shape index (κ2) is 7.95. The highest BCUT2D eigenvalue weighted by atomic mass is 32.1. The van der Waals surface area contributed by atoms with E-state index >= 15 is 0 Å². The number of carbonyl (C=O) groups excluding carboxylic acids is 1. The molecule has 0 saturated carbocycles. The molecule has 0 spiro atoms. The van der Waals surface area contributed by atoms with Gasteiger partial charge in [0, 0.05) is 31.2 Å². The molecule has 1 aromatic carbocycles. The molecule has 1 amide bonds. The van der Waals surface area contributed by atoms with Crippen LogP contribution < -0.4 is 10.2 Å². The Morgan fingerprint density at radius 3 is 2.68 bits per heavy atom. The van der Waals surface area contributed by atoms with Gasteiger partial charge in [-0.3, -0.25) is 4.79 Å². The Morgan fingerprint density at radius 1 is 1.14 bits per heavy atom. The van der Waals surface area contributed by atoms with Gasteiger partial charge in [-0.1, -0.05) is 18.2 Å². The summed E-state index contributed by atoms with van der Waals surface area (Å²) >= 11 is 3.08. The molecular weight excluding hydrogens is 390 g/mol. The van der Waals surface area contributed by atoms with Crippen LogP contribution in [0.3, 0.4) is 0 Å². The molecule has 0 unspecified atom stereocenters. The fourth-order valence-electron chi connectivity index (χ4n) is 2.71. The number of nitrogens with one attached hydrogen (secondary N) is 1. The van der Waals surface area contributed by atoms with Crippen molar-refractivity contribution in [3.8, 4) is 9.88 Å². The van der Waals surface area contributed by atoms with E-state index in [1.165, 1.54) is 11.3 Å². The fourth-order valence-corrected chi connectivity index (χ4v) is 4.32. The molecule has 4 rings (SSSR count). The second-order valence-electron chi connectivity index (χ2n) is 6.40. The topological polar surface area (TPSA) is 63.1 Å². The first-order valence-electron chi connectivity index (χ1n) is 8.69. The Balaban J connectivity index is 1.46. The third-order valence-corrected chi connectivity index (χ3v) is 6.09. The Morgan fingerprint density at radius 2 is 1.96 bits per heavy atom. The average Bonchev–Trinajstić information content (AvgIpc) is 3.44. The number of thiazole rings is 1. The Kier molecular flexibility index (Phi) is 5.23. The standard InChI is InChI=1S/C20H19N5OS2/c1-24(2)15-7-5-14(6-8-15)12-25-18(9-10-21-25)23-19(26)16-13-28-20(22-16)17-4-3-11-27-17/h3-11,13H,12H2,1-2H3,(H,23,26). The molecule has 6 nitrogen and oxygen atoms in total. The summed E-state index contributed by atoms with van der Waals surface area (Å²) in [6.07, 6.45) is 1.68. The molecule has 0 saturated heterocycles. The number of carbonyl (C=O) groups is 1. The van der Waals surface area contributed by atoms with E-state index in [9.17, 15) is 4.79 Å². The highest BCUT2D eigenvalue weighted by molar-refractivity contribution is 7.20. The number of anilines is 2. The minimum Gasteiger partial charge on any atom is -0.378 e. The van der Waals surface area contributed by atoms with Gasteiger partial charge in [0.25, 0.3) is 5.91 Å². The molecule has 0 atom stereocenters. The third kappa shape index (κ3) is 3.97. The lowest BCUT2D eigenvalue weighted by molar-refractivity contribution is 0.102. The van der Waals surface area contributed by atoms with Crippen LogP contribution in [0.25, 0.3) is 9.88 Å². The van der Waals surface area contributed by atoms with Crippen LogP contribution in [0.15, 0.2) is 59.4 Å². The van der Waals surface area contributed by atoms with Crippen LogP contribution in [-0.4, -0.2) is 34.8 Å². The summed E-state index contributed by atoms with van der Waals surface area (Å²) in [5.41, 5.74) is 2.66. The molecule has 0 fully saturated rings. The Bertz CT molecular complexity index is 1060. The number of hydrogen-bond acceptors (Lipinski definition) is 6. The predicted octanol–water partition coefficient (Wildman–Crippen LogP) is 4.43. The van der Waals surface area contributed by atoms with Crippen molar-refractivity contribution >= 4 is 40.1 Å². The molecule has 142 valence electrons. The minimum atomic E-state index is -0.233. The van der Waals surface area contributed by atoms with Crippen LogP contribution in [0.1, 0.15) is 16.1 Å². The molecular formula is C20H19N5OS2. The first-order valence-corrected chi connectivity index (χ1v) is 10.4. The second-order valence-corrected chi connectivity index (χ2v) is 8.21. The lowest BCUT2D eigenvalue weighted by atomic mass is 10.2. The third-order valence-electron chi connectivity index (χ3n) is 4.21. The highest BCUT2D eigenvalue weighted by Crippen LogP contribution is 2.28. The molecule has 1 N–H and O–H groups in total. The molecule has 0 aliphatic heterocycles. The van der Waals surface area contributed by atoms with Crippen LogP contribution in [0.2, 0.25) is 0 Å². The van der Waals surface area contributed by atoms with Crippen molar-refractivity contribution in [3.05, 3.63) is 70.7 Å². The number of nitrogens with zero attached hydrogens (tertiary/aromatic N) is 4. The van der Waals surface area contributed by atoms with Gasteiger partial charge in [0.1, 0.15) is 16.5 Å². The van der Waals surface area contributed by atoms with E-state index in [2.05, 4.69) is 44.6 Å². The van der Waals surface area contributed by atoms with E-state index in [0.717, 1.165) is 21.1 Å². The summed E-state index contributed by atoms with van der Waals surface area (Å²) in [5, 5.41) is 11.9. The molecule has 4 aromatic rings. The van der Waals surface area contributed by atoms with Crippen LogP contribution in [-0.2, 0) is 6.54 Å². The lowest BCUT2D eigenvalue weighted by Gasteiger charge is -2.13. The van der Waals surface area contributed by atoms with Gasteiger partial charge in [-0.05, 0) is 29.1 Å². The Labute approximate surface area is 171 Å². The summed E-state index contributed by atoms with van der Waals surface area (Å²) in [6, 6.07) is 14.0. The van der Waals surface area contributed by atoms with E-state index in [-0.39, 0.29) is 5.91 Å². The number of amides is 1. The largest absolute Gasteiger partial charge is 0.378 e. The molecule has 3 heterocycles. The van der Waals surface area contributed by atoms with Crippen molar-refractivity contribution in [1.82, 2.24) is 14.8 Å². The van der Waals surface area contributed by atoms with Crippen molar-refractivity contribution < 1.29 is 4.79 Å². The fraction of sp³-hybridized carbons (Fsp3) is 0.150. The zero-order valence-corrected chi connectivity index (χ0v) is 17.1. The molecule has 8 heteroatoms. The number of hydrogen-bond donors (Lipinski definition) is 1. The van der Waals surface area contributed by atoms with Crippen molar-refractivity contribution in [1.29, 1.82) is 0 Å². The molecule has 28 heavy (non-hydrogen) atoms. The first kappa shape index (κ1) is 18.4. The van der Waals surface area contributed by atoms with Gasteiger partial charge in [0.15, 0.2) is 0 Å². The average molecular weight is 410 g/mol. The van der Waals surface area contributed by atoms with Gasteiger partial charge in [-0.25, -0.2) is 9.67 Å². The van der Waals surface area contributed by atoms with E-state index in [4.69, 9.17) is 0 Å². The smallest absolute Gasteiger partial charge is 0.276 e. The first-order chi connectivity index (χ1) is 13.6. The van der Waals surface area contributed by atoms with Crippen LogP contribution in [0, 0.1) is 0 Å². The molecule has 0 radical (unpaired) electrons. The van der Waals surface area contributed by atoms with Gasteiger partial charge < -0.3 is 10.2 Å². The summed E-state index contributed by atoms with van der Waals surface area (Å²) < 4.78 is 1.77. The van der Waals surface area contributed by atoms with Crippen molar-refractivity contribution in [3.63, 3.8) is 0 Å². The maximum atomic E-state index is 12.6. The van der Waals surface area contributed by atoms with Crippen molar-refractivity contribution in [2.45, 2.75) is 6.54 Å². The predicted molar refractivity (Wildman–Crippen MR) is 115 cm³/mol. The van der Waals surface area contributed by atoms with Gasteiger partial charge in [0.2, 0.25) is 0 Å². The zero-order valence-electron chi connectivity index (χ0n) is 15.5. The van der Waals surface area contributed by atoms with Gasteiger partial charge in [0.05, 0.1) is 17.6 Å². The molecule has 0 aliphatic rings. The summed E-state index contributed by atoms with van der Waals surface area (Å²) in [7, 11) is 4.02. The summed E-state index contributed by atoms with van der Waals surface area (Å²) in [5.74, 6) is 0.413. The number of thiophene rings is 1. The SMILES string of the molecule is CN(C)c1ccc(Cn2nccc2NC(=O)c2csc(-c3cccs3)n2)cc1. The Hall–Kier alpha value is -2.97. The van der Waals surface area contributed by atoms with E-state index in [0.29, 0.717) is 18.1 Å². The van der Waals surface area contributed by atoms with E-state index in [1.54, 1.807) is 33.7 Å². The van der Waals surface area contributed by atoms with Gasteiger partial charge in [-0.2, -0.15) is 5.10 Å². The normalized spacial score (nSPS) is 10.8. The van der Waals surface area contributed by atoms with Crippen molar-refractivity contribution in [2.24, 2.45) is 0 Å². The van der Waals surface area contributed by atoms with E-state index < -0.39 is 0 Å². The summed E-state index contributed by atoms with van der Waals surface area (Å²) in [4.78, 5) is 20.2. The molecule has 3 aromatic heterocycles. The highest BCUT2D eigenvalue weighted by Gasteiger charge is 2.14. The maximum Gasteiger partial charge on any atom is 0.276 e. The number of aromatic nitrogens is 3. The summed E-state index contributed by atoms with van der Waals surface area (Å²) in [6.45, 7) is 0.577. The molecule has 0 aliphatic carbocycles. The lowest BCUT2D eigenvalue weighted by Crippen LogP contribution is -2.16. The quantitative estimate of drug-likeness (QED) is 0.512. The minimum absolute atomic E-state index is 0.233. The van der Waals surface area contributed by atoms with Crippen LogP contribution >= 0.6 is 22.7 Å². The van der Waals surface area contributed by atoms with Crippen LogP contribution in [0.4, 0.5) is 11.5 Å². The van der Waals surface area contributed by atoms with E-state index in [1.807, 2.05) is 31.6 Å². The van der Waals surface area contributed by atoms with Gasteiger partial charge >= 0.3 is 0 Å². The monoisotopic (exact) mass is 409 g/mol. The maximum absolute atomic E-state index is 12.6. The van der Waals surface area contributed by atoms with Crippen LogP contribution in [0.5, 0.6) is 0 Å². The van der Waals surface area contributed by atoms with Crippen molar-refractivity contribution in [2.75, 3.05) is 24.3 Å². The molecule has 0 bridgehead atoms. The number of rotatable bonds is 6. The zero-order chi connectivity index (χ0) is 19.5. The van der Waals surface area contributed by atoms with Gasteiger partial charge in [-0.15, -0.1) is 22.7 Å².